The lowest BCUT2D eigenvalue weighted by atomic mass is 9.97. The lowest BCUT2D eigenvalue weighted by Gasteiger charge is -2.34. The zero-order chi connectivity index (χ0) is 15.4. The number of aromatic nitrogens is 2. The van der Waals surface area contributed by atoms with E-state index in [1.165, 1.54) is 17.5 Å². The van der Waals surface area contributed by atoms with Gasteiger partial charge in [-0.25, -0.2) is 4.68 Å². The fourth-order valence-corrected chi connectivity index (χ4v) is 3.35. The minimum Gasteiger partial charge on any atom is -0.366 e. The molecule has 2 heterocycles. The van der Waals surface area contributed by atoms with Crippen LogP contribution >= 0.6 is 15.9 Å². The summed E-state index contributed by atoms with van der Waals surface area (Å²) in [6.07, 6.45) is 4.21. The van der Waals surface area contributed by atoms with E-state index in [-0.39, 0.29) is 5.56 Å². The average molecular weight is 357 g/mol. The van der Waals surface area contributed by atoms with Crippen LogP contribution in [0.15, 0.2) is 15.5 Å². The van der Waals surface area contributed by atoms with Gasteiger partial charge in [0, 0.05) is 19.1 Å². The van der Waals surface area contributed by atoms with E-state index in [1.54, 1.807) is 0 Å². The molecule has 1 saturated heterocycles. The lowest BCUT2D eigenvalue weighted by molar-refractivity contribution is 0.367. The summed E-state index contributed by atoms with van der Waals surface area (Å²) < 4.78 is 2.11. The second-order valence-electron chi connectivity index (χ2n) is 5.90. The Bertz CT molecular complexity index is 523. The molecule has 0 aliphatic carbocycles. The SMILES string of the molecule is CCn1ncc(N(CC2CCNCC2)C(C)C)c(Br)c1=O. The number of piperidine rings is 1. The van der Waals surface area contributed by atoms with Crippen molar-refractivity contribution in [2.75, 3.05) is 24.5 Å². The first kappa shape index (κ1) is 16.5. The van der Waals surface area contributed by atoms with Crippen molar-refractivity contribution in [1.82, 2.24) is 15.1 Å². The minimum absolute atomic E-state index is 0.0500. The number of rotatable bonds is 5. The van der Waals surface area contributed by atoms with Gasteiger partial charge in [-0.15, -0.1) is 0 Å². The van der Waals surface area contributed by atoms with Gasteiger partial charge in [-0.3, -0.25) is 4.79 Å². The molecule has 0 amide bonds. The highest BCUT2D eigenvalue weighted by Crippen LogP contribution is 2.26. The molecule has 1 aliphatic heterocycles. The molecule has 0 radical (unpaired) electrons. The zero-order valence-electron chi connectivity index (χ0n) is 13.1. The third-order valence-electron chi connectivity index (χ3n) is 4.11. The van der Waals surface area contributed by atoms with Crippen LogP contribution in [0.2, 0.25) is 0 Å². The maximum absolute atomic E-state index is 12.3. The second kappa shape index (κ2) is 7.40. The molecular formula is C15H25BrN4O. The van der Waals surface area contributed by atoms with Crippen molar-refractivity contribution in [3.63, 3.8) is 0 Å². The lowest BCUT2D eigenvalue weighted by Crippen LogP contribution is -2.40. The number of hydrogen-bond donors (Lipinski definition) is 1. The molecule has 0 bridgehead atoms. The predicted octanol–water partition coefficient (Wildman–Crippen LogP) is 2.24. The quantitative estimate of drug-likeness (QED) is 0.878. The minimum atomic E-state index is -0.0500. The summed E-state index contributed by atoms with van der Waals surface area (Å²) in [5.74, 6) is 0.675. The van der Waals surface area contributed by atoms with E-state index in [0.29, 0.717) is 23.0 Å². The van der Waals surface area contributed by atoms with Gasteiger partial charge in [0.2, 0.25) is 0 Å². The van der Waals surface area contributed by atoms with Crippen molar-refractivity contribution in [2.45, 2.75) is 46.2 Å². The molecule has 0 atom stereocenters. The monoisotopic (exact) mass is 356 g/mol. The Balaban J connectivity index is 2.25. The fourth-order valence-electron chi connectivity index (χ4n) is 2.81. The van der Waals surface area contributed by atoms with Gasteiger partial charge in [0.1, 0.15) is 4.47 Å². The molecule has 6 heteroatoms. The number of nitrogens with one attached hydrogen (secondary N) is 1. The first-order valence-electron chi connectivity index (χ1n) is 7.77. The van der Waals surface area contributed by atoms with Crippen molar-refractivity contribution in [2.24, 2.45) is 5.92 Å². The van der Waals surface area contributed by atoms with Gasteiger partial charge in [-0.2, -0.15) is 5.10 Å². The van der Waals surface area contributed by atoms with Crippen LogP contribution in [0, 0.1) is 5.92 Å². The van der Waals surface area contributed by atoms with Gasteiger partial charge in [0.05, 0.1) is 11.9 Å². The van der Waals surface area contributed by atoms with E-state index in [9.17, 15) is 4.79 Å². The van der Waals surface area contributed by atoms with Crippen LogP contribution < -0.4 is 15.8 Å². The van der Waals surface area contributed by atoms with Gasteiger partial charge in [0.25, 0.3) is 5.56 Å². The highest BCUT2D eigenvalue weighted by molar-refractivity contribution is 9.10. The maximum Gasteiger partial charge on any atom is 0.283 e. The summed E-state index contributed by atoms with van der Waals surface area (Å²) in [5.41, 5.74) is 0.865. The standard InChI is InChI=1S/C15H25BrN4O/c1-4-20-15(21)14(16)13(9-18-20)19(11(2)3)10-12-5-7-17-8-6-12/h9,11-12,17H,4-8,10H2,1-3H3. The normalized spacial score (nSPS) is 16.4. The third kappa shape index (κ3) is 3.86. The van der Waals surface area contributed by atoms with Crippen molar-refractivity contribution < 1.29 is 0 Å². The largest absolute Gasteiger partial charge is 0.366 e. The van der Waals surface area contributed by atoms with Crippen LogP contribution in [0.3, 0.4) is 0 Å². The average Bonchev–Trinajstić information content (AvgIpc) is 2.49. The summed E-state index contributed by atoms with van der Waals surface area (Å²) in [4.78, 5) is 14.6. The molecule has 2 rings (SSSR count). The Morgan fingerprint density at radius 2 is 2.14 bits per heavy atom. The summed E-state index contributed by atoms with van der Waals surface area (Å²) >= 11 is 3.48. The first-order chi connectivity index (χ1) is 10.0. The second-order valence-corrected chi connectivity index (χ2v) is 6.70. The number of anilines is 1. The van der Waals surface area contributed by atoms with Crippen LogP contribution in [0.5, 0.6) is 0 Å². The summed E-state index contributed by atoms with van der Waals surface area (Å²) in [5, 5.41) is 7.67. The highest BCUT2D eigenvalue weighted by atomic mass is 79.9. The Morgan fingerprint density at radius 3 is 2.71 bits per heavy atom. The van der Waals surface area contributed by atoms with E-state index in [2.05, 4.69) is 45.1 Å². The van der Waals surface area contributed by atoms with Crippen molar-refractivity contribution >= 4 is 21.6 Å². The molecule has 1 fully saturated rings. The zero-order valence-corrected chi connectivity index (χ0v) is 14.7. The van der Waals surface area contributed by atoms with Crippen molar-refractivity contribution in [1.29, 1.82) is 0 Å². The molecule has 0 saturated carbocycles. The van der Waals surface area contributed by atoms with Crippen molar-refractivity contribution in [3.05, 3.63) is 21.0 Å². The molecule has 118 valence electrons. The molecule has 1 aromatic rings. The van der Waals surface area contributed by atoms with Crippen LogP contribution in [0.25, 0.3) is 0 Å². The van der Waals surface area contributed by atoms with Gasteiger partial charge in [-0.05, 0) is 68.6 Å². The number of nitrogens with zero attached hydrogens (tertiary/aromatic N) is 3. The molecule has 0 spiro atoms. The van der Waals surface area contributed by atoms with E-state index < -0.39 is 0 Å². The van der Waals surface area contributed by atoms with Crippen LogP contribution in [-0.4, -0.2) is 35.5 Å². The maximum atomic E-state index is 12.3. The van der Waals surface area contributed by atoms with Crippen LogP contribution in [0.4, 0.5) is 5.69 Å². The van der Waals surface area contributed by atoms with Gasteiger partial charge in [-0.1, -0.05) is 0 Å². The molecule has 1 N–H and O–H groups in total. The third-order valence-corrected chi connectivity index (χ3v) is 4.86. The molecule has 1 aromatic heterocycles. The predicted molar refractivity (Wildman–Crippen MR) is 89.9 cm³/mol. The molecule has 1 aliphatic rings. The van der Waals surface area contributed by atoms with E-state index in [1.807, 2.05) is 13.1 Å². The summed E-state index contributed by atoms with van der Waals surface area (Å²) in [6.45, 7) is 10.0. The molecular weight excluding hydrogens is 332 g/mol. The van der Waals surface area contributed by atoms with Crippen LogP contribution in [-0.2, 0) is 6.54 Å². The molecule has 21 heavy (non-hydrogen) atoms. The van der Waals surface area contributed by atoms with Crippen LogP contribution in [0.1, 0.15) is 33.6 Å². The van der Waals surface area contributed by atoms with E-state index >= 15 is 0 Å². The summed E-state index contributed by atoms with van der Waals surface area (Å²) in [7, 11) is 0. The number of aryl methyl sites for hydroxylation is 1. The van der Waals surface area contributed by atoms with E-state index in [0.717, 1.165) is 25.3 Å². The molecule has 0 unspecified atom stereocenters. The Kier molecular flexibility index (Phi) is 5.81. The highest BCUT2D eigenvalue weighted by Gasteiger charge is 2.22. The van der Waals surface area contributed by atoms with Gasteiger partial charge < -0.3 is 10.2 Å². The first-order valence-corrected chi connectivity index (χ1v) is 8.56. The Labute approximate surface area is 134 Å². The number of halogens is 1. The van der Waals surface area contributed by atoms with Gasteiger partial charge in [0.15, 0.2) is 0 Å². The fraction of sp³-hybridized carbons (Fsp3) is 0.733. The summed E-state index contributed by atoms with van der Waals surface area (Å²) in [6, 6.07) is 0.342. The molecule has 5 nitrogen and oxygen atoms in total. The Hall–Kier alpha value is -0.880. The van der Waals surface area contributed by atoms with Crippen molar-refractivity contribution in [3.8, 4) is 0 Å². The number of hydrogen-bond acceptors (Lipinski definition) is 4. The smallest absolute Gasteiger partial charge is 0.283 e. The molecule has 0 aromatic carbocycles. The van der Waals surface area contributed by atoms with Gasteiger partial charge >= 0.3 is 0 Å². The van der Waals surface area contributed by atoms with E-state index in [4.69, 9.17) is 0 Å². The Morgan fingerprint density at radius 1 is 1.48 bits per heavy atom. The topological polar surface area (TPSA) is 50.2 Å².